The van der Waals surface area contributed by atoms with Gasteiger partial charge in [0, 0.05) is 28.8 Å². The van der Waals surface area contributed by atoms with Crippen molar-refractivity contribution in [3.63, 3.8) is 0 Å². The normalized spacial score (nSPS) is 24.1. The van der Waals surface area contributed by atoms with Crippen molar-refractivity contribution >= 4 is 35.0 Å². The van der Waals surface area contributed by atoms with Crippen LogP contribution in [0.2, 0.25) is 0 Å². The van der Waals surface area contributed by atoms with E-state index in [9.17, 15) is 14.4 Å². The van der Waals surface area contributed by atoms with Crippen molar-refractivity contribution < 1.29 is 14.4 Å². The second-order valence-corrected chi connectivity index (χ2v) is 14.6. The molecule has 2 amide bonds. The number of nitrogens with zero attached hydrogens (tertiary/aromatic N) is 1. The summed E-state index contributed by atoms with van der Waals surface area (Å²) in [7, 11) is 0. The number of carbonyl (C=O) groups excluding carboxylic acids is 3. The van der Waals surface area contributed by atoms with E-state index in [4.69, 9.17) is 0 Å². The molecule has 0 bridgehead atoms. The molecule has 6 nitrogen and oxygen atoms in total. The zero-order valence-electron chi connectivity index (χ0n) is 25.6. The molecule has 1 aromatic carbocycles. The van der Waals surface area contributed by atoms with E-state index in [1.807, 2.05) is 6.07 Å². The van der Waals surface area contributed by atoms with Crippen molar-refractivity contribution in [1.82, 2.24) is 0 Å². The molecule has 0 atom stereocenters. The lowest BCUT2D eigenvalue weighted by molar-refractivity contribution is -0.122. The van der Waals surface area contributed by atoms with Crippen LogP contribution in [0.3, 0.4) is 0 Å². The molecule has 2 saturated carbocycles. The maximum Gasteiger partial charge on any atom is 0.240 e. The minimum atomic E-state index is -0.0372. The van der Waals surface area contributed by atoms with Crippen molar-refractivity contribution in [1.29, 1.82) is 0 Å². The molecule has 3 rings (SSSR count). The first-order valence-corrected chi connectivity index (χ1v) is 15.1. The SMILES string of the molecule is CC(C)Cc1c(N=C=O)cc(NC(=O)C2CCC(C(C)(C)C)CC2)cc1NC(=O)C1CCC(C(C)(C)C)CC1. The summed E-state index contributed by atoms with van der Waals surface area (Å²) in [6.07, 6.45) is 10.0. The van der Waals surface area contributed by atoms with Crippen molar-refractivity contribution in [3.05, 3.63) is 17.7 Å². The molecule has 39 heavy (non-hydrogen) atoms. The third-order valence-electron chi connectivity index (χ3n) is 9.18. The highest BCUT2D eigenvalue weighted by Crippen LogP contribution is 2.42. The number of aliphatic imine (C=N–C) groups is 1. The van der Waals surface area contributed by atoms with E-state index in [1.54, 1.807) is 12.1 Å². The topological polar surface area (TPSA) is 87.6 Å². The third-order valence-corrected chi connectivity index (χ3v) is 9.18. The van der Waals surface area contributed by atoms with E-state index in [0.29, 0.717) is 41.2 Å². The van der Waals surface area contributed by atoms with Gasteiger partial charge in [0.1, 0.15) is 0 Å². The van der Waals surface area contributed by atoms with Crippen LogP contribution in [0, 0.1) is 40.4 Å². The summed E-state index contributed by atoms with van der Waals surface area (Å²) < 4.78 is 0. The molecule has 6 heteroatoms. The largest absolute Gasteiger partial charge is 0.326 e. The minimum Gasteiger partial charge on any atom is -0.326 e. The lowest BCUT2D eigenvalue weighted by Gasteiger charge is -2.36. The summed E-state index contributed by atoms with van der Waals surface area (Å²) in [6, 6.07) is 3.59. The summed E-state index contributed by atoms with van der Waals surface area (Å²) in [5.74, 6) is 1.49. The molecule has 2 fully saturated rings. The standard InChI is InChI=1S/C33H51N3O3/c1-21(2)17-27-28(34-20-37)18-26(35-30(38)22-9-13-24(14-10-22)32(3,4)5)19-29(27)36-31(39)23-11-15-25(16-12-23)33(6,7)8/h18-19,21-25H,9-17H2,1-8H3,(H,35,38)(H,36,39). The van der Waals surface area contributed by atoms with Gasteiger partial charge in [-0.25, -0.2) is 4.79 Å². The van der Waals surface area contributed by atoms with Crippen LogP contribution >= 0.6 is 0 Å². The molecule has 0 aromatic heterocycles. The van der Waals surface area contributed by atoms with Crippen molar-refractivity contribution in [2.45, 2.75) is 113 Å². The van der Waals surface area contributed by atoms with Crippen LogP contribution in [-0.2, 0) is 20.8 Å². The molecule has 216 valence electrons. The highest BCUT2D eigenvalue weighted by Gasteiger charge is 2.34. The Kier molecular flexibility index (Phi) is 10.2. The van der Waals surface area contributed by atoms with Gasteiger partial charge in [-0.1, -0.05) is 55.4 Å². The Morgan fingerprint density at radius 2 is 1.28 bits per heavy atom. The molecule has 0 spiro atoms. The summed E-state index contributed by atoms with van der Waals surface area (Å²) in [5.41, 5.74) is 2.98. The second kappa shape index (κ2) is 12.8. The van der Waals surface area contributed by atoms with E-state index >= 15 is 0 Å². The molecule has 2 aliphatic rings. The van der Waals surface area contributed by atoms with Gasteiger partial charge in [-0.2, -0.15) is 4.99 Å². The molecule has 0 aliphatic heterocycles. The lowest BCUT2D eigenvalue weighted by Crippen LogP contribution is -2.32. The minimum absolute atomic E-state index is 0.00206. The highest BCUT2D eigenvalue weighted by molar-refractivity contribution is 5.98. The van der Waals surface area contributed by atoms with Crippen molar-refractivity contribution in [2.75, 3.05) is 10.6 Å². The highest BCUT2D eigenvalue weighted by atomic mass is 16.2. The summed E-state index contributed by atoms with van der Waals surface area (Å²) in [4.78, 5) is 42.0. The number of hydrogen-bond acceptors (Lipinski definition) is 4. The number of hydrogen-bond donors (Lipinski definition) is 2. The Morgan fingerprint density at radius 1 is 0.821 bits per heavy atom. The van der Waals surface area contributed by atoms with Gasteiger partial charge in [0.25, 0.3) is 0 Å². The van der Waals surface area contributed by atoms with Gasteiger partial charge in [0.15, 0.2) is 0 Å². The summed E-state index contributed by atoms with van der Waals surface area (Å²) >= 11 is 0. The number of carbonyl (C=O) groups is 2. The van der Waals surface area contributed by atoms with Gasteiger partial charge in [-0.15, -0.1) is 0 Å². The number of benzene rings is 1. The van der Waals surface area contributed by atoms with E-state index < -0.39 is 0 Å². The maximum atomic E-state index is 13.4. The van der Waals surface area contributed by atoms with Crippen LogP contribution in [0.15, 0.2) is 17.1 Å². The van der Waals surface area contributed by atoms with Crippen molar-refractivity contribution in [3.8, 4) is 0 Å². The van der Waals surface area contributed by atoms with Crippen LogP contribution in [-0.4, -0.2) is 17.9 Å². The molecule has 0 radical (unpaired) electrons. The maximum absolute atomic E-state index is 13.4. The van der Waals surface area contributed by atoms with Gasteiger partial charge < -0.3 is 10.6 Å². The fourth-order valence-electron chi connectivity index (χ4n) is 6.53. The monoisotopic (exact) mass is 537 g/mol. The Balaban J connectivity index is 1.80. The quantitative estimate of drug-likeness (QED) is 0.270. The van der Waals surface area contributed by atoms with Crippen LogP contribution in [0.5, 0.6) is 0 Å². The number of anilines is 2. The first-order valence-electron chi connectivity index (χ1n) is 15.1. The fraction of sp³-hybridized carbons (Fsp3) is 0.727. The molecule has 0 heterocycles. The van der Waals surface area contributed by atoms with Gasteiger partial charge >= 0.3 is 0 Å². The zero-order valence-corrected chi connectivity index (χ0v) is 25.6. The van der Waals surface area contributed by atoms with Crippen LogP contribution in [0.25, 0.3) is 0 Å². The van der Waals surface area contributed by atoms with E-state index in [1.165, 1.54) is 0 Å². The van der Waals surface area contributed by atoms with Gasteiger partial charge in [0.2, 0.25) is 17.9 Å². The van der Waals surface area contributed by atoms with E-state index in [2.05, 4.69) is 71.0 Å². The molecule has 1 aromatic rings. The molecule has 2 aliphatic carbocycles. The van der Waals surface area contributed by atoms with Gasteiger partial charge in [-0.05, 0) is 98.5 Å². The van der Waals surface area contributed by atoms with E-state index in [-0.39, 0.29) is 34.5 Å². The van der Waals surface area contributed by atoms with Crippen LogP contribution in [0.4, 0.5) is 17.1 Å². The zero-order chi connectivity index (χ0) is 29.0. The van der Waals surface area contributed by atoms with Crippen molar-refractivity contribution in [2.24, 2.45) is 45.4 Å². The molecule has 2 N–H and O–H groups in total. The first kappa shape index (κ1) is 31.1. The predicted octanol–water partition coefficient (Wildman–Crippen LogP) is 8.43. The Bertz CT molecular complexity index is 1060. The Morgan fingerprint density at radius 3 is 1.69 bits per heavy atom. The Hall–Kier alpha value is -2.46. The number of nitrogens with one attached hydrogen (secondary N) is 2. The van der Waals surface area contributed by atoms with Crippen LogP contribution < -0.4 is 10.6 Å². The van der Waals surface area contributed by atoms with Crippen LogP contribution in [0.1, 0.15) is 112 Å². The Labute approximate surface area is 236 Å². The number of isocyanates is 1. The summed E-state index contributed by atoms with van der Waals surface area (Å²) in [6.45, 7) is 17.9. The fourth-order valence-corrected chi connectivity index (χ4v) is 6.53. The average Bonchev–Trinajstić information content (AvgIpc) is 2.85. The predicted molar refractivity (Wildman–Crippen MR) is 160 cm³/mol. The van der Waals surface area contributed by atoms with E-state index in [0.717, 1.165) is 56.9 Å². The molecule has 0 unspecified atom stereocenters. The average molecular weight is 538 g/mol. The number of amides is 2. The lowest BCUT2D eigenvalue weighted by atomic mass is 9.69. The summed E-state index contributed by atoms with van der Waals surface area (Å²) in [5, 5.41) is 6.25. The van der Waals surface area contributed by atoms with Gasteiger partial charge in [-0.3, -0.25) is 9.59 Å². The third kappa shape index (κ3) is 8.51. The second-order valence-electron chi connectivity index (χ2n) is 14.6. The van der Waals surface area contributed by atoms with Gasteiger partial charge in [0.05, 0.1) is 5.69 Å². The number of rotatable bonds is 7. The molecular weight excluding hydrogens is 486 g/mol. The smallest absolute Gasteiger partial charge is 0.240 e. The molecule has 0 saturated heterocycles. The molecular formula is C33H51N3O3. The first-order chi connectivity index (χ1) is 18.2.